The van der Waals surface area contributed by atoms with Crippen molar-refractivity contribution in [2.45, 2.75) is 120 Å². The molecule has 15 nitrogen and oxygen atoms in total. The van der Waals surface area contributed by atoms with Crippen molar-refractivity contribution in [1.29, 1.82) is 0 Å². The number of nitrogens with one attached hydrogen (secondary N) is 2. The molecule has 2 saturated carbocycles. The van der Waals surface area contributed by atoms with Gasteiger partial charge in [-0.25, -0.2) is 13.2 Å². The van der Waals surface area contributed by atoms with Crippen LogP contribution in [0.3, 0.4) is 0 Å². The molecule has 3 fully saturated rings. The molecule has 324 valence electrons. The lowest BCUT2D eigenvalue weighted by Crippen LogP contribution is -2.66. The van der Waals surface area contributed by atoms with Gasteiger partial charge in [0.25, 0.3) is 5.91 Å². The van der Waals surface area contributed by atoms with Gasteiger partial charge in [0.2, 0.25) is 33.6 Å². The van der Waals surface area contributed by atoms with Crippen LogP contribution in [0.1, 0.15) is 79.6 Å². The molecule has 1 aromatic carbocycles. The summed E-state index contributed by atoms with van der Waals surface area (Å²) < 4.78 is 88.8. The number of hydrogen-bond donors (Lipinski definition) is 3. The summed E-state index contributed by atoms with van der Waals surface area (Å²) in [6.07, 6.45) is -2.99. The van der Waals surface area contributed by atoms with Gasteiger partial charge in [-0.1, -0.05) is 26.0 Å². The third-order valence-electron chi connectivity index (χ3n) is 12.5. The summed E-state index contributed by atoms with van der Waals surface area (Å²) in [6, 6.07) is 3.30. The maximum atomic E-state index is 15.0. The Labute approximate surface area is 341 Å². The van der Waals surface area contributed by atoms with E-state index in [1.165, 1.54) is 28.1 Å². The Morgan fingerprint density at radius 2 is 1.78 bits per heavy atom. The largest absolute Gasteiger partial charge is 0.497 e. The minimum atomic E-state index is -5.10. The van der Waals surface area contributed by atoms with Gasteiger partial charge in [0, 0.05) is 23.8 Å². The van der Waals surface area contributed by atoms with Crippen molar-refractivity contribution in [3.8, 4) is 17.5 Å². The lowest BCUT2D eigenvalue weighted by Gasteiger charge is -2.45. The molecule has 7 atom stereocenters. The number of allylic oxidation sites excluding steroid dienone is 1. The van der Waals surface area contributed by atoms with Crippen LogP contribution in [-0.4, -0.2) is 113 Å². The van der Waals surface area contributed by atoms with E-state index in [1.54, 1.807) is 36.4 Å². The highest BCUT2D eigenvalue weighted by atomic mass is 32.2. The van der Waals surface area contributed by atoms with E-state index in [-0.39, 0.29) is 48.4 Å². The van der Waals surface area contributed by atoms with Gasteiger partial charge in [-0.05, 0) is 94.7 Å². The first-order chi connectivity index (χ1) is 27.5. The molecule has 1 aromatic heterocycles. The summed E-state index contributed by atoms with van der Waals surface area (Å²) in [5.74, 6) is -3.96. The maximum absolute atomic E-state index is 15.0. The van der Waals surface area contributed by atoms with Crippen LogP contribution in [0.4, 0.5) is 18.0 Å². The van der Waals surface area contributed by atoms with Crippen LogP contribution in [-0.2, 0) is 24.4 Å². The average Bonchev–Trinajstić information content (AvgIpc) is 4.03. The zero-order chi connectivity index (χ0) is 43.5. The number of carboxylic acid groups (broad SMARTS) is 1. The summed E-state index contributed by atoms with van der Waals surface area (Å²) in [4.78, 5) is 62.1. The predicted octanol–water partition coefficient (Wildman–Crippen LogP) is 5.18. The van der Waals surface area contributed by atoms with Crippen LogP contribution in [0.15, 0.2) is 36.4 Å². The van der Waals surface area contributed by atoms with Crippen LogP contribution in [0, 0.1) is 17.8 Å². The Hall–Kier alpha value is -4.81. The molecule has 19 heteroatoms. The molecule has 1 saturated heterocycles. The van der Waals surface area contributed by atoms with E-state index < -0.39 is 85.9 Å². The number of carbonyl (C=O) groups excluding carboxylic acids is 3. The van der Waals surface area contributed by atoms with Crippen molar-refractivity contribution in [3.05, 3.63) is 36.4 Å². The number of hydrogen-bond acceptors (Lipinski definition) is 10. The number of nitrogens with zero attached hydrogens (tertiary/aromatic N) is 3. The highest BCUT2D eigenvalue weighted by molar-refractivity contribution is 7.91. The van der Waals surface area contributed by atoms with Gasteiger partial charge in [-0.2, -0.15) is 18.2 Å². The van der Waals surface area contributed by atoms with Gasteiger partial charge in [0.05, 0.1) is 25.5 Å². The SMILES string of the molecule is COc1ccc2c(O[C@@H]3C[C@H]4C(=O)N[C@]5(C(=O)NS(=O)(=O)C6(C)CC6)C[C@H]5C=CCC[C@H](C)C[C@@H](C)[C@H](N(C(=O)O)C(C)(C)C(F)(F)F)C(=O)N4C3)nc(OC)cc2c1. The van der Waals surface area contributed by atoms with Gasteiger partial charge in [0.15, 0.2) is 0 Å². The van der Waals surface area contributed by atoms with E-state index in [0.29, 0.717) is 56.1 Å². The van der Waals surface area contributed by atoms with Gasteiger partial charge in [-0.15, -0.1) is 0 Å². The minimum Gasteiger partial charge on any atom is -0.497 e. The fraction of sp³-hybridized carbons (Fsp3) is 0.625. The minimum absolute atomic E-state index is 0.0405. The van der Waals surface area contributed by atoms with Crippen LogP contribution >= 0.6 is 0 Å². The first-order valence-electron chi connectivity index (χ1n) is 19.6. The van der Waals surface area contributed by atoms with Crippen LogP contribution in [0.25, 0.3) is 10.8 Å². The van der Waals surface area contributed by atoms with Crippen molar-refractivity contribution in [2.24, 2.45) is 17.8 Å². The third-order valence-corrected chi connectivity index (χ3v) is 14.6. The summed E-state index contributed by atoms with van der Waals surface area (Å²) >= 11 is 0. The molecule has 3 N–H and O–H groups in total. The van der Waals surface area contributed by atoms with Gasteiger partial charge < -0.3 is 29.5 Å². The van der Waals surface area contributed by atoms with Crippen molar-refractivity contribution in [2.75, 3.05) is 20.8 Å². The van der Waals surface area contributed by atoms with Gasteiger partial charge >= 0.3 is 12.3 Å². The molecule has 59 heavy (non-hydrogen) atoms. The number of halogens is 3. The number of fused-ring (bicyclic) bond motifs is 3. The van der Waals surface area contributed by atoms with Crippen LogP contribution in [0.2, 0.25) is 0 Å². The number of benzene rings is 1. The average molecular weight is 852 g/mol. The Morgan fingerprint density at radius 1 is 1.08 bits per heavy atom. The van der Waals surface area contributed by atoms with Crippen molar-refractivity contribution in [3.63, 3.8) is 0 Å². The van der Waals surface area contributed by atoms with E-state index in [1.807, 2.05) is 6.92 Å². The second-order valence-corrected chi connectivity index (χ2v) is 19.4. The van der Waals surface area contributed by atoms with E-state index in [0.717, 1.165) is 4.90 Å². The molecular weight excluding hydrogens is 800 g/mol. The maximum Gasteiger partial charge on any atom is 0.411 e. The quantitative estimate of drug-likeness (QED) is 0.282. The Kier molecular flexibility index (Phi) is 11.6. The number of pyridine rings is 1. The summed E-state index contributed by atoms with van der Waals surface area (Å²) in [7, 11) is -1.24. The Morgan fingerprint density at radius 3 is 2.39 bits per heavy atom. The predicted molar refractivity (Wildman–Crippen MR) is 208 cm³/mol. The second-order valence-electron chi connectivity index (χ2n) is 17.2. The third kappa shape index (κ3) is 8.35. The number of amides is 4. The molecule has 2 aromatic rings. The smallest absolute Gasteiger partial charge is 0.411 e. The zero-order valence-corrected chi connectivity index (χ0v) is 34.9. The van der Waals surface area contributed by atoms with Crippen LogP contribution in [0.5, 0.6) is 17.5 Å². The molecule has 2 aliphatic carbocycles. The standard InChI is InChI=1S/C40H52F3N5O10S/c1-22-10-8-9-11-25-20-39(25,35(51)46-59(54,55)38(5)14-15-38)45-32(49)29-19-27(58-33-28-13-12-26(56-6)17-24(28)18-30(44-33)57-7)21-47(29)34(50)31(23(2)16-22)48(36(52)53)37(3,4)40(41,42)43/h9,11-13,17-18,22-23,25,27,29,31H,8,10,14-16,19-21H2,1-7H3,(H,45,49)(H,46,51)(H,52,53)/t22-,23+,25+,27+,29-,31-,39+/m0/s1. The number of methoxy groups -OCH3 is 2. The topological polar surface area (TPSA) is 194 Å². The van der Waals surface area contributed by atoms with E-state index >= 15 is 4.79 Å². The number of alkyl halides is 3. The molecule has 0 unspecified atom stereocenters. The highest BCUT2D eigenvalue weighted by Crippen LogP contribution is 2.48. The van der Waals surface area contributed by atoms with Gasteiger partial charge in [0.1, 0.15) is 35.0 Å². The van der Waals surface area contributed by atoms with Crippen molar-refractivity contribution in [1.82, 2.24) is 24.8 Å². The van der Waals surface area contributed by atoms with Gasteiger partial charge in [-0.3, -0.25) is 24.0 Å². The number of ether oxygens (including phenoxy) is 3. The first kappa shape index (κ1) is 43.8. The van der Waals surface area contributed by atoms with Crippen LogP contribution < -0.4 is 24.2 Å². The molecule has 3 heterocycles. The summed E-state index contributed by atoms with van der Waals surface area (Å²) in [6.45, 7) is 5.86. The van der Waals surface area contributed by atoms with Crippen molar-refractivity contribution >= 4 is 44.6 Å². The number of rotatable bonds is 9. The molecule has 0 bridgehead atoms. The fourth-order valence-electron chi connectivity index (χ4n) is 8.24. The van der Waals surface area contributed by atoms with Crippen molar-refractivity contribution < 1.29 is 60.1 Å². The lowest BCUT2D eigenvalue weighted by atomic mass is 9.85. The Balaban J connectivity index is 1.44. The monoisotopic (exact) mass is 851 g/mol. The van der Waals surface area contributed by atoms with E-state index in [2.05, 4.69) is 15.0 Å². The zero-order valence-electron chi connectivity index (χ0n) is 34.1. The normalized spacial score (nSPS) is 28.6. The molecule has 0 radical (unpaired) electrons. The van der Waals surface area contributed by atoms with E-state index in [9.17, 15) is 41.1 Å². The highest BCUT2D eigenvalue weighted by Gasteiger charge is 2.64. The molecule has 6 rings (SSSR count). The molecule has 4 aliphatic rings. The second kappa shape index (κ2) is 15.7. The molecule has 2 aliphatic heterocycles. The summed E-state index contributed by atoms with van der Waals surface area (Å²) in [5, 5.41) is 14.3. The summed E-state index contributed by atoms with van der Waals surface area (Å²) in [5.41, 5.74) is -4.78. The number of carbonyl (C=O) groups is 4. The number of sulfonamides is 1. The number of aromatic nitrogens is 1. The fourth-order valence-corrected chi connectivity index (χ4v) is 9.56. The molecular formula is C40H52F3N5O10S. The Bertz CT molecular complexity index is 2140. The molecule has 0 spiro atoms. The lowest BCUT2D eigenvalue weighted by molar-refractivity contribution is -0.222. The van der Waals surface area contributed by atoms with E-state index in [4.69, 9.17) is 14.2 Å². The molecule has 4 amide bonds. The first-order valence-corrected chi connectivity index (χ1v) is 21.1.